The summed E-state index contributed by atoms with van der Waals surface area (Å²) < 4.78 is 5.36. The van der Waals surface area contributed by atoms with Crippen molar-refractivity contribution in [2.75, 3.05) is 38.6 Å². The molecule has 3 nitrogen and oxygen atoms in total. The van der Waals surface area contributed by atoms with Crippen molar-refractivity contribution in [3.05, 3.63) is 42.1 Å². The largest absolute Gasteiger partial charge is 0.379 e. The van der Waals surface area contributed by atoms with Crippen LogP contribution in [0.5, 0.6) is 0 Å². The minimum absolute atomic E-state index is 0.888. The molecule has 1 aromatic heterocycles. The number of fused-ring (bicyclic) bond motifs is 1. The van der Waals surface area contributed by atoms with Crippen molar-refractivity contribution in [3.63, 3.8) is 0 Å². The second-order valence-corrected chi connectivity index (χ2v) is 6.15. The summed E-state index contributed by atoms with van der Waals surface area (Å²) in [5.41, 5.74) is 2.39. The van der Waals surface area contributed by atoms with E-state index in [0.29, 0.717) is 0 Å². The van der Waals surface area contributed by atoms with E-state index in [9.17, 15) is 0 Å². The SMILES string of the molecule is c1ccc2ncc(CSCCN3CCOCC3)cc2c1. The fourth-order valence-corrected chi connectivity index (χ4v) is 3.33. The molecule has 2 aromatic rings. The van der Waals surface area contributed by atoms with Gasteiger partial charge >= 0.3 is 0 Å². The van der Waals surface area contributed by atoms with Crippen molar-refractivity contribution in [1.82, 2.24) is 9.88 Å². The average Bonchev–Trinajstić information content (AvgIpc) is 2.52. The molecule has 3 rings (SSSR count). The van der Waals surface area contributed by atoms with Gasteiger partial charge in [0.2, 0.25) is 0 Å². The van der Waals surface area contributed by atoms with E-state index >= 15 is 0 Å². The molecule has 1 fully saturated rings. The number of pyridine rings is 1. The van der Waals surface area contributed by atoms with Crippen LogP contribution in [0.1, 0.15) is 5.56 Å². The number of rotatable bonds is 5. The second kappa shape index (κ2) is 7.07. The van der Waals surface area contributed by atoms with Gasteiger partial charge in [0.25, 0.3) is 0 Å². The zero-order chi connectivity index (χ0) is 13.6. The molecule has 0 unspecified atom stereocenters. The molecule has 0 bridgehead atoms. The lowest BCUT2D eigenvalue weighted by Crippen LogP contribution is -2.37. The van der Waals surface area contributed by atoms with Gasteiger partial charge in [-0.3, -0.25) is 9.88 Å². The van der Waals surface area contributed by atoms with Crippen LogP contribution in [0, 0.1) is 0 Å². The normalized spacial score (nSPS) is 16.6. The van der Waals surface area contributed by atoms with Crippen molar-refractivity contribution in [2.24, 2.45) is 0 Å². The van der Waals surface area contributed by atoms with Crippen molar-refractivity contribution < 1.29 is 4.74 Å². The lowest BCUT2D eigenvalue weighted by Gasteiger charge is -2.26. The second-order valence-electron chi connectivity index (χ2n) is 5.04. The third-order valence-electron chi connectivity index (χ3n) is 3.57. The van der Waals surface area contributed by atoms with E-state index in [2.05, 4.69) is 34.1 Å². The van der Waals surface area contributed by atoms with E-state index in [1.807, 2.05) is 24.0 Å². The highest BCUT2D eigenvalue weighted by molar-refractivity contribution is 7.98. The summed E-state index contributed by atoms with van der Waals surface area (Å²) in [6, 6.07) is 10.5. The molecule has 4 heteroatoms. The molecule has 1 aromatic carbocycles. The molecule has 1 aliphatic heterocycles. The van der Waals surface area contributed by atoms with Gasteiger partial charge in [0, 0.05) is 42.7 Å². The van der Waals surface area contributed by atoms with Gasteiger partial charge in [0.1, 0.15) is 0 Å². The smallest absolute Gasteiger partial charge is 0.0702 e. The van der Waals surface area contributed by atoms with E-state index in [1.165, 1.54) is 16.7 Å². The van der Waals surface area contributed by atoms with Crippen molar-refractivity contribution >= 4 is 22.7 Å². The Morgan fingerprint density at radius 1 is 1.20 bits per heavy atom. The standard InChI is InChI=1S/C16H20N2OS/c1-2-4-16-15(3-1)11-14(12-17-16)13-20-10-7-18-5-8-19-9-6-18/h1-4,11-12H,5-10,13H2. The molecule has 0 N–H and O–H groups in total. The van der Waals surface area contributed by atoms with Crippen LogP contribution in [0.2, 0.25) is 0 Å². The highest BCUT2D eigenvalue weighted by Gasteiger charge is 2.09. The van der Waals surface area contributed by atoms with Crippen LogP contribution in [0.25, 0.3) is 10.9 Å². The molecule has 2 heterocycles. The average molecular weight is 288 g/mol. The number of aromatic nitrogens is 1. The van der Waals surface area contributed by atoms with Gasteiger partial charge < -0.3 is 4.74 Å². The van der Waals surface area contributed by atoms with Gasteiger partial charge in [0.05, 0.1) is 18.7 Å². The fraction of sp³-hybridized carbons (Fsp3) is 0.438. The highest BCUT2D eigenvalue weighted by Crippen LogP contribution is 2.17. The Morgan fingerprint density at radius 3 is 2.95 bits per heavy atom. The maximum absolute atomic E-state index is 5.36. The van der Waals surface area contributed by atoms with Gasteiger partial charge in [-0.15, -0.1) is 0 Å². The third-order valence-corrected chi connectivity index (χ3v) is 4.58. The summed E-state index contributed by atoms with van der Waals surface area (Å²) in [5, 5.41) is 1.23. The summed E-state index contributed by atoms with van der Waals surface area (Å²) in [6.07, 6.45) is 2.00. The van der Waals surface area contributed by atoms with E-state index in [1.54, 1.807) is 0 Å². The van der Waals surface area contributed by atoms with E-state index in [4.69, 9.17) is 4.74 Å². The predicted octanol–water partition coefficient (Wildman–Crippen LogP) is 2.80. The van der Waals surface area contributed by atoms with Gasteiger partial charge in [-0.2, -0.15) is 11.8 Å². The molecule has 0 spiro atoms. The van der Waals surface area contributed by atoms with Crippen LogP contribution in [0.3, 0.4) is 0 Å². The van der Waals surface area contributed by atoms with E-state index < -0.39 is 0 Å². The number of hydrogen-bond donors (Lipinski definition) is 0. The van der Waals surface area contributed by atoms with Crippen LogP contribution in [0.15, 0.2) is 36.5 Å². The molecule has 0 aliphatic carbocycles. The Kier molecular flexibility index (Phi) is 4.90. The van der Waals surface area contributed by atoms with Crippen LogP contribution >= 0.6 is 11.8 Å². The van der Waals surface area contributed by atoms with Crippen LogP contribution in [-0.4, -0.2) is 48.5 Å². The molecule has 0 atom stereocenters. The Hall–Kier alpha value is -1.10. The maximum atomic E-state index is 5.36. The lowest BCUT2D eigenvalue weighted by molar-refractivity contribution is 0.0410. The van der Waals surface area contributed by atoms with E-state index in [-0.39, 0.29) is 0 Å². The molecule has 20 heavy (non-hydrogen) atoms. The molecule has 0 radical (unpaired) electrons. The molecule has 0 amide bonds. The first-order chi connectivity index (χ1) is 9.92. The summed E-state index contributed by atoms with van der Waals surface area (Å²) in [6.45, 7) is 5.10. The summed E-state index contributed by atoms with van der Waals surface area (Å²) in [7, 11) is 0. The Morgan fingerprint density at radius 2 is 2.05 bits per heavy atom. The summed E-state index contributed by atoms with van der Waals surface area (Å²) in [4.78, 5) is 6.99. The molecule has 0 saturated carbocycles. The molecule has 1 saturated heterocycles. The summed E-state index contributed by atoms with van der Waals surface area (Å²) >= 11 is 1.99. The van der Waals surface area contributed by atoms with Crippen LogP contribution in [-0.2, 0) is 10.5 Å². The Balaban J connectivity index is 1.47. The minimum atomic E-state index is 0.888. The number of hydrogen-bond acceptors (Lipinski definition) is 4. The first-order valence-electron chi connectivity index (χ1n) is 7.13. The van der Waals surface area contributed by atoms with Gasteiger partial charge in [-0.1, -0.05) is 18.2 Å². The number of para-hydroxylation sites is 1. The van der Waals surface area contributed by atoms with Crippen LogP contribution < -0.4 is 0 Å². The first-order valence-corrected chi connectivity index (χ1v) is 8.29. The molecule has 1 aliphatic rings. The molecule has 106 valence electrons. The van der Waals surface area contributed by atoms with Crippen molar-refractivity contribution in [2.45, 2.75) is 5.75 Å². The maximum Gasteiger partial charge on any atom is 0.0702 e. The van der Waals surface area contributed by atoms with Gasteiger partial charge in [-0.05, 0) is 17.7 Å². The van der Waals surface area contributed by atoms with Gasteiger partial charge in [0.15, 0.2) is 0 Å². The Bertz CT molecular complexity index is 555. The lowest BCUT2D eigenvalue weighted by atomic mass is 10.2. The third kappa shape index (κ3) is 3.72. The monoisotopic (exact) mass is 288 g/mol. The Labute approximate surface area is 124 Å². The number of morpholine rings is 1. The molecular formula is C16H20N2OS. The van der Waals surface area contributed by atoms with Crippen molar-refractivity contribution in [3.8, 4) is 0 Å². The van der Waals surface area contributed by atoms with Gasteiger partial charge in [-0.25, -0.2) is 0 Å². The highest BCUT2D eigenvalue weighted by atomic mass is 32.2. The first kappa shape index (κ1) is 13.9. The topological polar surface area (TPSA) is 25.4 Å². The van der Waals surface area contributed by atoms with E-state index in [0.717, 1.165) is 44.1 Å². The van der Waals surface area contributed by atoms with Crippen LogP contribution in [0.4, 0.5) is 0 Å². The summed E-state index contributed by atoms with van der Waals surface area (Å²) in [5.74, 6) is 2.22. The number of thioether (sulfide) groups is 1. The minimum Gasteiger partial charge on any atom is -0.379 e. The number of ether oxygens (including phenoxy) is 1. The quantitative estimate of drug-likeness (QED) is 0.790. The molecular weight excluding hydrogens is 268 g/mol. The zero-order valence-corrected chi connectivity index (χ0v) is 12.4. The van der Waals surface area contributed by atoms with Crippen molar-refractivity contribution in [1.29, 1.82) is 0 Å². The fourth-order valence-electron chi connectivity index (χ4n) is 2.40. The zero-order valence-electron chi connectivity index (χ0n) is 11.6. The number of benzene rings is 1. The predicted molar refractivity (Wildman–Crippen MR) is 85.2 cm³/mol. The number of nitrogens with zero attached hydrogens (tertiary/aromatic N) is 2.